The molecule has 3 aromatic heterocycles. The molecule has 0 radical (unpaired) electrons. The molecule has 164 valence electrons. The molecule has 1 aliphatic carbocycles. The standard InChI is InChI=1S/C20H16F3N7O2/c21-20(22,23)13-7-26-17(28-14-3-4-19(14)8-30(9-19)18(31)32)29-15(13)12-6-25-16-11(12)2-1-10(5-24)27-16/h1-2,6-7,14H,3-4,8-9H2,(H,25,27)(H,31,32)(H,26,28,29). The normalized spacial score (nSPS) is 19.3. The van der Waals surface area contributed by atoms with Crippen molar-refractivity contribution in [2.24, 2.45) is 5.41 Å². The third-order valence-electron chi connectivity index (χ3n) is 6.26. The molecule has 1 amide bonds. The van der Waals surface area contributed by atoms with E-state index in [2.05, 4.69) is 25.3 Å². The Morgan fingerprint density at radius 1 is 1.34 bits per heavy atom. The van der Waals surface area contributed by atoms with E-state index in [1.807, 2.05) is 6.07 Å². The van der Waals surface area contributed by atoms with Crippen molar-refractivity contribution in [2.45, 2.75) is 25.1 Å². The van der Waals surface area contributed by atoms with E-state index in [4.69, 9.17) is 10.4 Å². The number of hydrogen-bond acceptors (Lipinski definition) is 6. The summed E-state index contributed by atoms with van der Waals surface area (Å²) in [6.07, 6.45) is -1.96. The predicted octanol–water partition coefficient (Wildman–Crippen LogP) is 3.46. The monoisotopic (exact) mass is 443 g/mol. The molecule has 32 heavy (non-hydrogen) atoms. The number of pyridine rings is 1. The van der Waals surface area contributed by atoms with Gasteiger partial charge in [-0.15, -0.1) is 0 Å². The molecular formula is C20H16F3N7O2. The van der Waals surface area contributed by atoms with E-state index >= 15 is 0 Å². The van der Waals surface area contributed by atoms with Crippen LogP contribution in [0.1, 0.15) is 24.1 Å². The minimum atomic E-state index is -4.68. The molecule has 2 fully saturated rings. The van der Waals surface area contributed by atoms with Crippen molar-refractivity contribution in [2.75, 3.05) is 18.4 Å². The number of nitriles is 1. The second-order valence-electron chi connectivity index (χ2n) is 8.10. The van der Waals surface area contributed by atoms with Gasteiger partial charge in [0.25, 0.3) is 0 Å². The number of aromatic amines is 1. The van der Waals surface area contributed by atoms with Gasteiger partial charge in [0.1, 0.15) is 23.0 Å². The smallest absolute Gasteiger partial charge is 0.419 e. The van der Waals surface area contributed by atoms with E-state index in [1.54, 1.807) is 0 Å². The first-order valence-electron chi connectivity index (χ1n) is 9.77. The summed E-state index contributed by atoms with van der Waals surface area (Å²) in [4.78, 5) is 27.3. The van der Waals surface area contributed by atoms with Crippen LogP contribution >= 0.6 is 0 Å². The maximum Gasteiger partial charge on any atom is 0.419 e. The van der Waals surface area contributed by atoms with Gasteiger partial charge in [0.2, 0.25) is 5.95 Å². The number of nitrogens with zero attached hydrogens (tertiary/aromatic N) is 5. The molecule has 3 aromatic rings. The molecule has 2 aliphatic rings. The van der Waals surface area contributed by atoms with Gasteiger partial charge in [0.05, 0.1) is 5.69 Å². The van der Waals surface area contributed by atoms with E-state index in [0.29, 0.717) is 18.5 Å². The van der Waals surface area contributed by atoms with E-state index in [0.717, 1.165) is 19.0 Å². The van der Waals surface area contributed by atoms with E-state index < -0.39 is 17.8 Å². The van der Waals surface area contributed by atoms with Crippen molar-refractivity contribution in [3.05, 3.63) is 35.8 Å². The molecule has 1 saturated carbocycles. The largest absolute Gasteiger partial charge is 0.465 e. The SMILES string of the molecule is N#Cc1ccc2c(-c3nc(NC4CCC45CN(C(=O)O)C5)ncc3C(F)(F)F)c[nH]c2n1. The number of carboxylic acid groups (broad SMARTS) is 1. The van der Waals surface area contributed by atoms with Gasteiger partial charge in [-0.1, -0.05) is 0 Å². The van der Waals surface area contributed by atoms with Gasteiger partial charge < -0.3 is 20.3 Å². The lowest BCUT2D eigenvalue weighted by Gasteiger charge is -2.59. The lowest BCUT2D eigenvalue weighted by Crippen LogP contribution is -2.69. The highest BCUT2D eigenvalue weighted by Crippen LogP contribution is 2.49. The fourth-order valence-electron chi connectivity index (χ4n) is 4.43. The lowest BCUT2D eigenvalue weighted by molar-refractivity contribution is -0.137. The minimum absolute atomic E-state index is 0.0433. The Morgan fingerprint density at radius 2 is 2.12 bits per heavy atom. The van der Waals surface area contributed by atoms with Crippen LogP contribution in [0.2, 0.25) is 0 Å². The van der Waals surface area contributed by atoms with Gasteiger partial charge in [0, 0.05) is 47.9 Å². The zero-order valence-corrected chi connectivity index (χ0v) is 16.4. The molecule has 12 heteroatoms. The Labute approximate surface area is 178 Å². The van der Waals surface area contributed by atoms with Crippen LogP contribution in [-0.4, -0.2) is 55.2 Å². The highest BCUT2D eigenvalue weighted by molar-refractivity contribution is 5.93. The number of aromatic nitrogens is 4. The number of H-pyrrole nitrogens is 1. The highest BCUT2D eigenvalue weighted by Gasteiger charge is 2.56. The average Bonchev–Trinajstić information content (AvgIpc) is 3.12. The summed E-state index contributed by atoms with van der Waals surface area (Å²) in [5.41, 5.74) is -0.916. The zero-order chi connectivity index (χ0) is 22.7. The van der Waals surface area contributed by atoms with Crippen molar-refractivity contribution in [1.82, 2.24) is 24.8 Å². The molecule has 0 aromatic carbocycles. The van der Waals surface area contributed by atoms with E-state index in [1.165, 1.54) is 23.2 Å². The van der Waals surface area contributed by atoms with E-state index in [9.17, 15) is 18.0 Å². The van der Waals surface area contributed by atoms with Crippen LogP contribution in [0.3, 0.4) is 0 Å². The van der Waals surface area contributed by atoms with Crippen molar-refractivity contribution >= 4 is 23.1 Å². The number of rotatable bonds is 3. The number of fused-ring (bicyclic) bond motifs is 1. The van der Waals surface area contributed by atoms with Crippen molar-refractivity contribution in [3.8, 4) is 17.3 Å². The first-order chi connectivity index (χ1) is 15.2. The van der Waals surface area contributed by atoms with Gasteiger partial charge in [-0.2, -0.15) is 18.4 Å². The summed E-state index contributed by atoms with van der Waals surface area (Å²) in [5, 5.41) is 21.6. The van der Waals surface area contributed by atoms with Gasteiger partial charge in [-0.05, 0) is 25.0 Å². The lowest BCUT2D eigenvalue weighted by atomic mass is 9.59. The Morgan fingerprint density at radius 3 is 2.75 bits per heavy atom. The second-order valence-corrected chi connectivity index (χ2v) is 8.10. The van der Waals surface area contributed by atoms with Crippen LogP contribution in [0, 0.1) is 16.7 Å². The summed E-state index contributed by atoms with van der Waals surface area (Å²) < 4.78 is 41.1. The van der Waals surface area contributed by atoms with Crippen molar-refractivity contribution < 1.29 is 23.1 Å². The fourth-order valence-corrected chi connectivity index (χ4v) is 4.43. The Bertz CT molecular complexity index is 1270. The molecule has 1 unspecified atom stereocenters. The fraction of sp³-hybridized carbons (Fsp3) is 0.350. The van der Waals surface area contributed by atoms with Crippen molar-refractivity contribution in [3.63, 3.8) is 0 Å². The zero-order valence-electron chi connectivity index (χ0n) is 16.4. The maximum absolute atomic E-state index is 13.7. The van der Waals surface area contributed by atoms with Gasteiger partial charge in [0.15, 0.2) is 0 Å². The number of amides is 1. The van der Waals surface area contributed by atoms with Crippen molar-refractivity contribution in [1.29, 1.82) is 5.26 Å². The number of anilines is 1. The Hall–Kier alpha value is -3.88. The summed E-state index contributed by atoms with van der Waals surface area (Å²) in [5.74, 6) is 0.0433. The Kier molecular flexibility index (Phi) is 4.27. The van der Waals surface area contributed by atoms with Gasteiger partial charge in [-0.3, -0.25) is 0 Å². The first kappa shape index (κ1) is 20.0. The third kappa shape index (κ3) is 3.08. The molecule has 1 spiro atoms. The molecule has 1 aliphatic heterocycles. The maximum atomic E-state index is 13.7. The Balaban J connectivity index is 1.50. The summed E-state index contributed by atoms with van der Waals surface area (Å²) in [6, 6.07) is 4.72. The number of nitrogens with one attached hydrogen (secondary N) is 2. The predicted molar refractivity (Wildman–Crippen MR) is 106 cm³/mol. The molecule has 4 heterocycles. The van der Waals surface area contributed by atoms with Crippen LogP contribution in [-0.2, 0) is 6.18 Å². The average molecular weight is 443 g/mol. The number of alkyl halides is 3. The van der Waals surface area contributed by atoms with Crippen LogP contribution in [0.25, 0.3) is 22.3 Å². The molecule has 3 N–H and O–H groups in total. The van der Waals surface area contributed by atoms with Gasteiger partial charge >= 0.3 is 12.3 Å². The summed E-state index contributed by atoms with van der Waals surface area (Å²) in [6.45, 7) is 0.756. The number of halogens is 3. The van der Waals surface area contributed by atoms with Crippen LogP contribution in [0.5, 0.6) is 0 Å². The summed E-state index contributed by atoms with van der Waals surface area (Å²) in [7, 11) is 0. The molecule has 9 nitrogen and oxygen atoms in total. The highest BCUT2D eigenvalue weighted by atomic mass is 19.4. The van der Waals surface area contributed by atoms with Crippen LogP contribution in [0.15, 0.2) is 24.5 Å². The molecule has 0 bridgehead atoms. The van der Waals surface area contributed by atoms with Gasteiger partial charge in [-0.25, -0.2) is 19.7 Å². The number of hydrogen-bond donors (Lipinski definition) is 3. The third-order valence-corrected chi connectivity index (χ3v) is 6.26. The quantitative estimate of drug-likeness (QED) is 0.565. The molecule has 1 atom stereocenters. The first-order valence-corrected chi connectivity index (χ1v) is 9.77. The van der Waals surface area contributed by atoms with Crippen LogP contribution < -0.4 is 5.32 Å². The molecule has 1 saturated heterocycles. The number of likely N-dealkylation sites (tertiary alicyclic amines) is 1. The minimum Gasteiger partial charge on any atom is -0.465 e. The van der Waals surface area contributed by atoms with E-state index in [-0.39, 0.29) is 40.0 Å². The molecular weight excluding hydrogens is 427 g/mol. The second kappa shape index (κ2) is 6.81. The summed E-state index contributed by atoms with van der Waals surface area (Å²) >= 11 is 0. The topological polar surface area (TPSA) is 131 Å². The number of carbonyl (C=O) groups is 1. The van der Waals surface area contributed by atoms with Crippen LogP contribution in [0.4, 0.5) is 23.9 Å². The molecule has 5 rings (SSSR count).